The molecular weight excluding hydrogens is 266 g/mol. The van der Waals surface area contributed by atoms with E-state index in [9.17, 15) is 4.79 Å². The van der Waals surface area contributed by atoms with Gasteiger partial charge in [-0.15, -0.1) is 0 Å². The molecule has 0 radical (unpaired) electrons. The van der Waals surface area contributed by atoms with Gasteiger partial charge in [0, 0.05) is 50.3 Å². The predicted octanol–water partition coefficient (Wildman–Crippen LogP) is 0.559. The van der Waals surface area contributed by atoms with Gasteiger partial charge >= 0.3 is 0 Å². The normalized spacial score (nSPS) is 24.3. The standard InChI is InChI=1S/C15H17N5O/c21-15(20-8-12-6-17-7-13(12)9-20)11-1-2-18-14(5-11)19-4-3-16-10-19/h1-5,10,12-13,17H,6-9H2/t12-,13+. The van der Waals surface area contributed by atoms with Gasteiger partial charge in [-0.25, -0.2) is 9.97 Å². The van der Waals surface area contributed by atoms with Gasteiger partial charge in [-0.05, 0) is 24.0 Å². The first kappa shape index (κ1) is 12.5. The smallest absolute Gasteiger partial charge is 0.254 e. The molecule has 1 N–H and O–H groups in total. The summed E-state index contributed by atoms with van der Waals surface area (Å²) in [6.45, 7) is 3.79. The lowest BCUT2D eigenvalue weighted by atomic mass is 10.0. The number of carbonyl (C=O) groups excluding carboxylic acids is 1. The summed E-state index contributed by atoms with van der Waals surface area (Å²) >= 11 is 0. The number of carbonyl (C=O) groups is 1. The number of nitrogens with zero attached hydrogens (tertiary/aromatic N) is 4. The van der Waals surface area contributed by atoms with Crippen LogP contribution in [0.15, 0.2) is 37.1 Å². The van der Waals surface area contributed by atoms with Crippen molar-refractivity contribution in [1.29, 1.82) is 0 Å². The topological polar surface area (TPSA) is 63.1 Å². The third kappa shape index (κ3) is 2.21. The number of amides is 1. The summed E-state index contributed by atoms with van der Waals surface area (Å²) in [6, 6.07) is 3.62. The first-order valence-electron chi connectivity index (χ1n) is 7.25. The molecule has 4 heterocycles. The fraction of sp³-hybridized carbons (Fsp3) is 0.400. The summed E-state index contributed by atoms with van der Waals surface area (Å²) in [7, 11) is 0. The van der Waals surface area contributed by atoms with Gasteiger partial charge in [-0.1, -0.05) is 0 Å². The zero-order valence-electron chi connectivity index (χ0n) is 11.6. The maximum Gasteiger partial charge on any atom is 0.254 e. The number of aromatic nitrogens is 3. The van der Waals surface area contributed by atoms with Crippen LogP contribution in [-0.2, 0) is 0 Å². The highest BCUT2D eigenvalue weighted by molar-refractivity contribution is 5.94. The lowest BCUT2D eigenvalue weighted by molar-refractivity contribution is 0.0781. The van der Waals surface area contributed by atoms with Crippen molar-refractivity contribution in [3.05, 3.63) is 42.6 Å². The van der Waals surface area contributed by atoms with Gasteiger partial charge < -0.3 is 10.2 Å². The van der Waals surface area contributed by atoms with Crippen molar-refractivity contribution in [3.8, 4) is 5.82 Å². The Labute approximate surface area is 122 Å². The van der Waals surface area contributed by atoms with E-state index in [0.29, 0.717) is 17.4 Å². The van der Waals surface area contributed by atoms with Crippen molar-refractivity contribution in [3.63, 3.8) is 0 Å². The molecule has 4 rings (SSSR count). The molecule has 0 spiro atoms. The van der Waals surface area contributed by atoms with Crippen LogP contribution >= 0.6 is 0 Å². The second-order valence-corrected chi connectivity index (χ2v) is 5.76. The van der Waals surface area contributed by atoms with E-state index in [1.54, 1.807) is 29.4 Å². The number of hydrogen-bond donors (Lipinski definition) is 1. The van der Waals surface area contributed by atoms with Crippen molar-refractivity contribution in [1.82, 2.24) is 24.8 Å². The minimum atomic E-state index is 0.105. The SMILES string of the molecule is O=C(c1ccnc(-n2ccnc2)c1)N1C[C@H]2CNC[C@H]2C1. The molecule has 0 aliphatic carbocycles. The second-order valence-electron chi connectivity index (χ2n) is 5.76. The van der Waals surface area contributed by atoms with Gasteiger partial charge in [0.05, 0.1) is 0 Å². The average molecular weight is 283 g/mol. The summed E-state index contributed by atoms with van der Waals surface area (Å²) < 4.78 is 1.80. The van der Waals surface area contributed by atoms with Crippen LogP contribution in [0.4, 0.5) is 0 Å². The molecule has 2 atom stereocenters. The van der Waals surface area contributed by atoms with Gasteiger partial charge in [0.15, 0.2) is 0 Å². The molecular formula is C15H17N5O. The summed E-state index contributed by atoms with van der Waals surface area (Å²) in [5, 5.41) is 3.39. The highest BCUT2D eigenvalue weighted by atomic mass is 16.2. The number of nitrogens with one attached hydrogen (secondary N) is 1. The van der Waals surface area contributed by atoms with Crippen LogP contribution in [-0.4, -0.2) is 51.5 Å². The first-order chi connectivity index (χ1) is 10.3. The Morgan fingerprint density at radius 2 is 2.05 bits per heavy atom. The molecule has 6 heteroatoms. The number of pyridine rings is 1. The Kier molecular flexibility index (Phi) is 2.96. The van der Waals surface area contributed by atoms with Crippen LogP contribution in [0.2, 0.25) is 0 Å². The molecule has 0 aromatic carbocycles. The molecule has 21 heavy (non-hydrogen) atoms. The number of likely N-dealkylation sites (tertiary alicyclic amines) is 1. The van der Waals surface area contributed by atoms with E-state index in [1.165, 1.54) is 0 Å². The van der Waals surface area contributed by atoms with Crippen LogP contribution in [0.1, 0.15) is 10.4 Å². The lowest BCUT2D eigenvalue weighted by Crippen LogP contribution is -2.31. The van der Waals surface area contributed by atoms with E-state index < -0.39 is 0 Å². The molecule has 2 aromatic heterocycles. The van der Waals surface area contributed by atoms with Gasteiger partial charge in [0.25, 0.3) is 5.91 Å². The van der Waals surface area contributed by atoms with Crippen molar-refractivity contribution in [2.75, 3.05) is 26.2 Å². The Bertz CT molecular complexity index is 642. The highest BCUT2D eigenvalue weighted by Crippen LogP contribution is 2.27. The van der Waals surface area contributed by atoms with Gasteiger partial charge in [-0.3, -0.25) is 9.36 Å². The molecule has 0 saturated carbocycles. The third-order valence-electron chi connectivity index (χ3n) is 4.44. The summed E-state index contributed by atoms with van der Waals surface area (Å²) in [4.78, 5) is 22.9. The first-order valence-corrected chi connectivity index (χ1v) is 7.25. The Morgan fingerprint density at radius 3 is 2.76 bits per heavy atom. The van der Waals surface area contributed by atoms with Crippen molar-refractivity contribution in [2.45, 2.75) is 0 Å². The summed E-state index contributed by atoms with van der Waals surface area (Å²) in [5.74, 6) is 2.06. The zero-order chi connectivity index (χ0) is 14.2. The highest BCUT2D eigenvalue weighted by Gasteiger charge is 2.38. The van der Waals surface area contributed by atoms with Crippen LogP contribution in [0.3, 0.4) is 0 Å². The van der Waals surface area contributed by atoms with E-state index in [0.717, 1.165) is 32.0 Å². The molecule has 2 aliphatic heterocycles. The molecule has 6 nitrogen and oxygen atoms in total. The number of imidazole rings is 1. The van der Waals surface area contributed by atoms with Gasteiger partial charge in [0.2, 0.25) is 0 Å². The zero-order valence-corrected chi connectivity index (χ0v) is 11.6. The van der Waals surface area contributed by atoms with E-state index in [4.69, 9.17) is 0 Å². The molecule has 2 saturated heterocycles. The van der Waals surface area contributed by atoms with Crippen LogP contribution < -0.4 is 5.32 Å². The lowest BCUT2D eigenvalue weighted by Gasteiger charge is -2.17. The number of hydrogen-bond acceptors (Lipinski definition) is 4. The summed E-state index contributed by atoms with van der Waals surface area (Å²) in [6.07, 6.45) is 6.89. The van der Waals surface area contributed by atoms with Crippen LogP contribution in [0, 0.1) is 11.8 Å². The van der Waals surface area contributed by atoms with E-state index in [1.807, 2.05) is 17.2 Å². The van der Waals surface area contributed by atoms with Crippen LogP contribution in [0.5, 0.6) is 0 Å². The third-order valence-corrected chi connectivity index (χ3v) is 4.44. The fourth-order valence-corrected chi connectivity index (χ4v) is 3.29. The Morgan fingerprint density at radius 1 is 1.24 bits per heavy atom. The van der Waals surface area contributed by atoms with E-state index in [-0.39, 0.29) is 5.91 Å². The Balaban J connectivity index is 1.56. The maximum absolute atomic E-state index is 12.7. The molecule has 2 fully saturated rings. The largest absolute Gasteiger partial charge is 0.338 e. The minimum Gasteiger partial charge on any atom is -0.338 e. The quantitative estimate of drug-likeness (QED) is 0.874. The molecule has 0 bridgehead atoms. The minimum absolute atomic E-state index is 0.105. The van der Waals surface area contributed by atoms with E-state index in [2.05, 4.69) is 15.3 Å². The van der Waals surface area contributed by atoms with E-state index >= 15 is 0 Å². The number of rotatable bonds is 2. The maximum atomic E-state index is 12.7. The molecule has 1 amide bonds. The van der Waals surface area contributed by atoms with Crippen molar-refractivity contribution in [2.24, 2.45) is 11.8 Å². The average Bonchev–Trinajstić information content (AvgIpc) is 3.22. The van der Waals surface area contributed by atoms with Crippen molar-refractivity contribution >= 4 is 5.91 Å². The van der Waals surface area contributed by atoms with Gasteiger partial charge in [0.1, 0.15) is 12.1 Å². The molecule has 2 aliphatic rings. The van der Waals surface area contributed by atoms with Crippen LogP contribution in [0.25, 0.3) is 5.82 Å². The second kappa shape index (κ2) is 4.96. The molecule has 108 valence electrons. The fourth-order valence-electron chi connectivity index (χ4n) is 3.29. The number of fused-ring (bicyclic) bond motifs is 1. The predicted molar refractivity (Wildman–Crippen MR) is 77.1 cm³/mol. The van der Waals surface area contributed by atoms with Gasteiger partial charge in [-0.2, -0.15) is 0 Å². The monoisotopic (exact) mass is 283 g/mol. The summed E-state index contributed by atoms with van der Waals surface area (Å²) in [5.41, 5.74) is 0.696. The Hall–Kier alpha value is -2.21. The molecule has 2 aromatic rings. The molecule has 0 unspecified atom stereocenters. The van der Waals surface area contributed by atoms with Crippen molar-refractivity contribution < 1.29 is 4.79 Å².